The molecule has 0 spiro atoms. The predicted molar refractivity (Wildman–Crippen MR) is 79.1 cm³/mol. The maximum atomic E-state index is 12.0. The van der Waals surface area contributed by atoms with Gasteiger partial charge in [0.1, 0.15) is 5.75 Å². The lowest BCUT2D eigenvalue weighted by atomic mass is 10.1. The highest BCUT2D eigenvalue weighted by Gasteiger charge is 2.13. The number of hydrogen-bond donors (Lipinski definition) is 0. The van der Waals surface area contributed by atoms with Gasteiger partial charge in [-0.1, -0.05) is 32.4 Å². The van der Waals surface area contributed by atoms with Gasteiger partial charge >= 0.3 is 0 Å². The van der Waals surface area contributed by atoms with Gasteiger partial charge in [0, 0.05) is 10.8 Å². The highest BCUT2D eigenvalue weighted by atomic mass is 35.5. The van der Waals surface area contributed by atoms with E-state index in [0.29, 0.717) is 33.3 Å². The number of thioether (sulfide) groups is 1. The highest BCUT2D eigenvalue weighted by molar-refractivity contribution is 8.00. The van der Waals surface area contributed by atoms with Crippen molar-refractivity contribution in [3.05, 3.63) is 28.8 Å². The summed E-state index contributed by atoms with van der Waals surface area (Å²) in [4.78, 5) is 12.0. The third kappa shape index (κ3) is 4.21. The number of Topliss-reactive ketones (excluding diaryl/α,β-unsaturated/α-hetero) is 1. The van der Waals surface area contributed by atoms with Crippen LogP contribution in [0.1, 0.15) is 31.1 Å². The van der Waals surface area contributed by atoms with Crippen molar-refractivity contribution >= 4 is 29.1 Å². The van der Waals surface area contributed by atoms with Crippen molar-refractivity contribution in [2.75, 3.05) is 12.9 Å². The number of ketones is 1. The van der Waals surface area contributed by atoms with Crippen LogP contribution in [0.2, 0.25) is 5.02 Å². The van der Waals surface area contributed by atoms with E-state index in [-0.39, 0.29) is 5.78 Å². The lowest BCUT2D eigenvalue weighted by Crippen LogP contribution is -2.11. The molecule has 0 fully saturated rings. The molecule has 0 aromatic heterocycles. The number of methoxy groups -OCH3 is 1. The topological polar surface area (TPSA) is 26.3 Å². The maximum absolute atomic E-state index is 12.0. The lowest BCUT2D eigenvalue weighted by Gasteiger charge is -2.14. The molecule has 0 amide bonds. The Bertz CT molecular complexity index is 418. The zero-order chi connectivity index (χ0) is 13.7. The second kappa shape index (κ2) is 7.05. The fourth-order valence-electron chi connectivity index (χ4n) is 1.32. The molecule has 18 heavy (non-hydrogen) atoms. The number of hydrogen-bond acceptors (Lipinski definition) is 3. The van der Waals surface area contributed by atoms with Gasteiger partial charge in [0.25, 0.3) is 0 Å². The van der Waals surface area contributed by atoms with E-state index >= 15 is 0 Å². The summed E-state index contributed by atoms with van der Waals surface area (Å²) in [7, 11) is 1.56. The minimum atomic E-state index is 0.108. The Kier molecular flexibility index (Phi) is 6.03. The van der Waals surface area contributed by atoms with Gasteiger partial charge in [-0.05, 0) is 24.1 Å². The normalized spacial score (nSPS) is 12.6. The van der Waals surface area contributed by atoms with Gasteiger partial charge in [0.15, 0.2) is 5.78 Å². The van der Waals surface area contributed by atoms with Gasteiger partial charge in [-0.3, -0.25) is 4.79 Å². The van der Waals surface area contributed by atoms with Crippen LogP contribution in [0.3, 0.4) is 0 Å². The number of carbonyl (C=O) groups is 1. The smallest absolute Gasteiger partial charge is 0.172 e. The third-order valence-electron chi connectivity index (χ3n) is 2.89. The molecular weight excluding hydrogens is 268 g/mol. The first-order valence-electron chi connectivity index (χ1n) is 5.94. The summed E-state index contributed by atoms with van der Waals surface area (Å²) in [5, 5.41) is 0.952. The van der Waals surface area contributed by atoms with Crippen molar-refractivity contribution in [3.8, 4) is 5.75 Å². The van der Waals surface area contributed by atoms with Crippen molar-refractivity contribution in [2.45, 2.75) is 26.0 Å². The molecule has 1 unspecified atom stereocenters. The van der Waals surface area contributed by atoms with Crippen molar-refractivity contribution in [1.29, 1.82) is 0 Å². The van der Waals surface area contributed by atoms with Crippen molar-refractivity contribution in [1.82, 2.24) is 0 Å². The molecule has 0 saturated heterocycles. The van der Waals surface area contributed by atoms with Crippen LogP contribution < -0.4 is 4.74 Å². The summed E-state index contributed by atoms with van der Waals surface area (Å²) in [6, 6.07) is 5.16. The van der Waals surface area contributed by atoms with E-state index in [1.165, 1.54) is 0 Å². The molecular formula is C14H19ClO2S. The molecule has 1 aromatic rings. The van der Waals surface area contributed by atoms with Crippen LogP contribution in [0, 0.1) is 5.92 Å². The quantitative estimate of drug-likeness (QED) is 0.729. The summed E-state index contributed by atoms with van der Waals surface area (Å²) in [5.41, 5.74) is 0.643. The number of carbonyl (C=O) groups excluding carboxylic acids is 1. The second-order valence-corrected chi connectivity index (χ2v) is 6.31. The van der Waals surface area contributed by atoms with Crippen molar-refractivity contribution in [3.63, 3.8) is 0 Å². The van der Waals surface area contributed by atoms with E-state index in [9.17, 15) is 4.79 Å². The number of ether oxygens (including phenoxy) is 1. The van der Waals surface area contributed by atoms with Gasteiger partial charge in [-0.15, -0.1) is 0 Å². The largest absolute Gasteiger partial charge is 0.495 e. The van der Waals surface area contributed by atoms with E-state index < -0.39 is 0 Å². The van der Waals surface area contributed by atoms with Crippen molar-refractivity contribution in [2.24, 2.45) is 5.92 Å². The summed E-state index contributed by atoms with van der Waals surface area (Å²) in [5.74, 6) is 1.76. The van der Waals surface area contributed by atoms with E-state index in [1.807, 2.05) is 0 Å². The molecule has 0 N–H and O–H groups in total. The van der Waals surface area contributed by atoms with Crippen LogP contribution >= 0.6 is 23.4 Å². The van der Waals surface area contributed by atoms with E-state index in [4.69, 9.17) is 16.3 Å². The molecule has 0 radical (unpaired) electrons. The molecule has 0 bridgehead atoms. The van der Waals surface area contributed by atoms with Crippen molar-refractivity contribution < 1.29 is 9.53 Å². The highest BCUT2D eigenvalue weighted by Crippen LogP contribution is 2.26. The van der Waals surface area contributed by atoms with Crippen LogP contribution in [-0.4, -0.2) is 23.9 Å². The Morgan fingerprint density at radius 1 is 1.39 bits per heavy atom. The molecule has 4 heteroatoms. The number of halogens is 1. The molecule has 1 aromatic carbocycles. The zero-order valence-electron chi connectivity index (χ0n) is 11.2. The first kappa shape index (κ1) is 15.4. The molecule has 2 nitrogen and oxygen atoms in total. The van der Waals surface area contributed by atoms with E-state index in [1.54, 1.807) is 37.1 Å². The maximum Gasteiger partial charge on any atom is 0.172 e. The van der Waals surface area contributed by atoms with Crippen LogP contribution in [0.25, 0.3) is 0 Å². The summed E-state index contributed by atoms with van der Waals surface area (Å²) < 4.78 is 5.06. The van der Waals surface area contributed by atoms with Crippen LogP contribution in [-0.2, 0) is 0 Å². The zero-order valence-corrected chi connectivity index (χ0v) is 12.8. The third-order valence-corrected chi connectivity index (χ3v) is 4.68. The molecule has 0 aliphatic carbocycles. The minimum Gasteiger partial charge on any atom is -0.495 e. The fraction of sp³-hybridized carbons (Fsp3) is 0.500. The molecule has 0 aliphatic rings. The van der Waals surface area contributed by atoms with Gasteiger partial charge in [-0.25, -0.2) is 0 Å². The monoisotopic (exact) mass is 286 g/mol. The number of benzene rings is 1. The van der Waals surface area contributed by atoms with Crippen LogP contribution in [0.15, 0.2) is 18.2 Å². The van der Waals surface area contributed by atoms with Gasteiger partial charge in [0.2, 0.25) is 0 Å². The van der Waals surface area contributed by atoms with Crippen LogP contribution in [0.4, 0.5) is 0 Å². The Labute approximate surface area is 118 Å². The standard InChI is InChI=1S/C14H19ClO2S/c1-9(2)10(3)18-8-13(16)11-5-6-14(17-4)12(15)7-11/h5-7,9-10H,8H2,1-4H3. The summed E-state index contributed by atoms with van der Waals surface area (Å²) >= 11 is 7.68. The van der Waals surface area contributed by atoms with Gasteiger partial charge < -0.3 is 4.74 Å². The van der Waals surface area contributed by atoms with Gasteiger partial charge in [-0.2, -0.15) is 11.8 Å². The fourth-order valence-corrected chi connectivity index (χ4v) is 2.55. The number of rotatable bonds is 6. The lowest BCUT2D eigenvalue weighted by molar-refractivity contribution is 0.102. The molecule has 0 heterocycles. The molecule has 0 aliphatic heterocycles. The first-order valence-corrected chi connectivity index (χ1v) is 7.36. The van der Waals surface area contributed by atoms with Gasteiger partial charge in [0.05, 0.1) is 17.9 Å². The minimum absolute atomic E-state index is 0.108. The Balaban J connectivity index is 2.65. The molecule has 1 atom stereocenters. The average molecular weight is 287 g/mol. The molecule has 1 rings (SSSR count). The van der Waals surface area contributed by atoms with Crippen LogP contribution in [0.5, 0.6) is 5.75 Å². The Morgan fingerprint density at radius 3 is 2.56 bits per heavy atom. The Hall–Kier alpha value is -0.670. The first-order chi connectivity index (χ1) is 8.45. The summed E-state index contributed by atoms with van der Waals surface area (Å²) in [6.45, 7) is 6.46. The summed E-state index contributed by atoms with van der Waals surface area (Å²) in [6.07, 6.45) is 0. The average Bonchev–Trinajstić information content (AvgIpc) is 2.35. The molecule has 0 saturated carbocycles. The SMILES string of the molecule is COc1ccc(C(=O)CSC(C)C(C)C)cc1Cl. The predicted octanol–water partition coefficient (Wildman–Crippen LogP) is 4.31. The second-order valence-electron chi connectivity index (χ2n) is 4.53. The van der Waals surface area contributed by atoms with E-state index in [0.717, 1.165) is 0 Å². The van der Waals surface area contributed by atoms with E-state index in [2.05, 4.69) is 20.8 Å². The Morgan fingerprint density at radius 2 is 2.06 bits per heavy atom. The molecule has 100 valence electrons.